The molecule has 3 aromatic rings. The second-order valence-electron chi connectivity index (χ2n) is 6.14. The molecule has 1 fully saturated rings. The largest absolute Gasteiger partial charge is 0.422 e. The molecule has 0 atom stereocenters. The zero-order valence-electron chi connectivity index (χ0n) is 13.9. The van der Waals surface area contributed by atoms with Crippen LogP contribution in [0.2, 0.25) is 5.02 Å². The van der Waals surface area contributed by atoms with Gasteiger partial charge in [0, 0.05) is 37.3 Å². The molecule has 8 heteroatoms. The Bertz CT molecular complexity index is 936. The van der Waals surface area contributed by atoms with Crippen molar-refractivity contribution in [2.24, 2.45) is 0 Å². The number of halogens is 2. The number of carbonyl (C=O) groups excluding carboxylic acids is 1. The molecule has 0 unspecified atom stereocenters. The minimum atomic E-state index is -0.460. The number of nitrogens with zero attached hydrogens (tertiary/aromatic N) is 4. The van der Waals surface area contributed by atoms with Gasteiger partial charge >= 0.3 is 0 Å². The van der Waals surface area contributed by atoms with E-state index in [1.54, 1.807) is 12.1 Å². The topological polar surface area (TPSA) is 62.5 Å². The SMILES string of the molecule is O=C(Cc1ccc(Cl)cc1)N1CCN(c2nc3ncc(F)cc3o2)CC1. The molecule has 0 bridgehead atoms. The maximum absolute atomic E-state index is 13.2. The first-order valence-corrected chi connectivity index (χ1v) is 8.65. The van der Waals surface area contributed by atoms with Gasteiger partial charge in [-0.3, -0.25) is 4.79 Å². The molecule has 1 aliphatic rings. The lowest BCUT2D eigenvalue weighted by molar-refractivity contribution is -0.130. The molecule has 0 spiro atoms. The summed E-state index contributed by atoms with van der Waals surface area (Å²) < 4.78 is 18.8. The van der Waals surface area contributed by atoms with Crippen LogP contribution in [-0.2, 0) is 11.2 Å². The summed E-state index contributed by atoms with van der Waals surface area (Å²) >= 11 is 5.87. The van der Waals surface area contributed by atoms with Gasteiger partial charge in [0.05, 0.1) is 12.6 Å². The zero-order valence-corrected chi connectivity index (χ0v) is 14.6. The van der Waals surface area contributed by atoms with Crippen molar-refractivity contribution in [1.82, 2.24) is 14.9 Å². The third kappa shape index (κ3) is 3.48. The van der Waals surface area contributed by atoms with Crippen LogP contribution in [0, 0.1) is 5.82 Å². The van der Waals surface area contributed by atoms with Crippen molar-refractivity contribution in [3.63, 3.8) is 0 Å². The van der Waals surface area contributed by atoms with Gasteiger partial charge in [-0.15, -0.1) is 0 Å². The van der Waals surface area contributed by atoms with E-state index in [1.807, 2.05) is 21.9 Å². The highest BCUT2D eigenvalue weighted by Gasteiger charge is 2.24. The van der Waals surface area contributed by atoms with Crippen LogP contribution in [0.5, 0.6) is 0 Å². The summed E-state index contributed by atoms with van der Waals surface area (Å²) in [5, 5.41) is 0.655. The van der Waals surface area contributed by atoms with Gasteiger partial charge in [0.15, 0.2) is 5.58 Å². The summed E-state index contributed by atoms with van der Waals surface area (Å²) in [6.07, 6.45) is 1.46. The van der Waals surface area contributed by atoms with Crippen LogP contribution in [-0.4, -0.2) is 47.0 Å². The average Bonchev–Trinajstić information content (AvgIpc) is 3.07. The van der Waals surface area contributed by atoms with E-state index in [0.717, 1.165) is 11.8 Å². The number of piperazine rings is 1. The number of oxazole rings is 1. The Labute approximate surface area is 154 Å². The number of hydrogen-bond donors (Lipinski definition) is 0. The lowest BCUT2D eigenvalue weighted by Crippen LogP contribution is -2.49. The number of hydrogen-bond acceptors (Lipinski definition) is 5. The predicted octanol–water partition coefficient (Wildman–Crippen LogP) is 2.91. The van der Waals surface area contributed by atoms with Gasteiger partial charge in [-0.05, 0) is 17.7 Å². The van der Waals surface area contributed by atoms with Crippen molar-refractivity contribution in [3.05, 3.63) is 52.9 Å². The summed E-state index contributed by atoms with van der Waals surface area (Å²) in [7, 11) is 0. The van der Waals surface area contributed by atoms with Gasteiger partial charge in [0.25, 0.3) is 6.01 Å². The summed E-state index contributed by atoms with van der Waals surface area (Å²) in [5.74, 6) is -0.383. The van der Waals surface area contributed by atoms with Gasteiger partial charge in [0.2, 0.25) is 11.6 Å². The fourth-order valence-corrected chi connectivity index (χ4v) is 3.08. The lowest BCUT2D eigenvalue weighted by atomic mass is 10.1. The third-order valence-electron chi connectivity index (χ3n) is 4.37. The molecule has 2 aromatic heterocycles. The van der Waals surface area contributed by atoms with Crippen molar-refractivity contribution in [3.8, 4) is 0 Å². The normalized spacial score (nSPS) is 14.8. The summed E-state index contributed by atoms with van der Waals surface area (Å²) in [5.41, 5.74) is 1.64. The number of anilines is 1. The molecule has 3 heterocycles. The molecule has 6 nitrogen and oxygen atoms in total. The second-order valence-corrected chi connectivity index (χ2v) is 6.58. The molecule has 0 N–H and O–H groups in total. The maximum Gasteiger partial charge on any atom is 0.300 e. The van der Waals surface area contributed by atoms with Crippen LogP contribution in [0.1, 0.15) is 5.56 Å². The lowest BCUT2D eigenvalue weighted by Gasteiger charge is -2.33. The summed E-state index contributed by atoms with van der Waals surface area (Å²) in [6.45, 7) is 2.35. The number of pyridine rings is 1. The van der Waals surface area contributed by atoms with Crippen molar-refractivity contribution >= 4 is 34.8 Å². The van der Waals surface area contributed by atoms with Crippen molar-refractivity contribution < 1.29 is 13.6 Å². The Morgan fingerprint density at radius 1 is 1.19 bits per heavy atom. The number of aromatic nitrogens is 2. The molecule has 0 aliphatic carbocycles. The van der Waals surface area contributed by atoms with Gasteiger partial charge in [-0.2, -0.15) is 4.98 Å². The summed E-state index contributed by atoms with van der Waals surface area (Å²) in [6, 6.07) is 8.97. The fourth-order valence-electron chi connectivity index (χ4n) is 2.96. The van der Waals surface area contributed by atoms with Crippen LogP contribution in [0.4, 0.5) is 10.4 Å². The molecule has 1 saturated heterocycles. The van der Waals surface area contributed by atoms with E-state index < -0.39 is 5.82 Å². The summed E-state index contributed by atoms with van der Waals surface area (Å²) in [4.78, 5) is 24.4. The predicted molar refractivity (Wildman–Crippen MR) is 95.7 cm³/mol. The standard InChI is InChI=1S/C18H16ClFN4O2/c19-13-3-1-12(2-4-13)9-16(25)23-5-7-24(8-6-23)18-22-17-15(26-18)10-14(20)11-21-17/h1-4,10-11H,5-9H2. The second kappa shape index (κ2) is 6.92. The average molecular weight is 375 g/mol. The number of rotatable bonds is 3. The first kappa shape index (κ1) is 16.8. The van der Waals surface area contributed by atoms with E-state index in [4.69, 9.17) is 16.0 Å². The number of amides is 1. The Morgan fingerprint density at radius 2 is 1.92 bits per heavy atom. The molecule has 134 valence electrons. The maximum atomic E-state index is 13.2. The highest BCUT2D eigenvalue weighted by atomic mass is 35.5. The Balaban J connectivity index is 1.38. The molecular weight excluding hydrogens is 359 g/mol. The molecule has 1 aromatic carbocycles. The third-order valence-corrected chi connectivity index (χ3v) is 4.63. The number of carbonyl (C=O) groups is 1. The molecule has 4 rings (SSSR count). The van der Waals surface area contributed by atoms with Crippen LogP contribution in [0.15, 0.2) is 40.9 Å². The van der Waals surface area contributed by atoms with E-state index in [1.165, 1.54) is 6.07 Å². The van der Waals surface area contributed by atoms with E-state index in [9.17, 15) is 9.18 Å². The van der Waals surface area contributed by atoms with Crippen molar-refractivity contribution in [2.75, 3.05) is 31.1 Å². The van der Waals surface area contributed by atoms with Gasteiger partial charge in [-0.25, -0.2) is 9.37 Å². The minimum absolute atomic E-state index is 0.0771. The van der Waals surface area contributed by atoms with Crippen LogP contribution >= 0.6 is 11.6 Å². The smallest absolute Gasteiger partial charge is 0.300 e. The Kier molecular flexibility index (Phi) is 4.46. The minimum Gasteiger partial charge on any atom is -0.422 e. The monoisotopic (exact) mass is 374 g/mol. The van der Waals surface area contributed by atoms with Crippen LogP contribution in [0.25, 0.3) is 11.2 Å². The molecule has 0 radical (unpaired) electrons. The molecule has 1 aliphatic heterocycles. The van der Waals surface area contributed by atoms with E-state index >= 15 is 0 Å². The van der Waals surface area contributed by atoms with Crippen molar-refractivity contribution in [1.29, 1.82) is 0 Å². The van der Waals surface area contributed by atoms with Crippen molar-refractivity contribution in [2.45, 2.75) is 6.42 Å². The quantitative estimate of drug-likeness (QED) is 0.705. The van der Waals surface area contributed by atoms with Gasteiger partial charge in [-0.1, -0.05) is 23.7 Å². The first-order chi connectivity index (χ1) is 12.6. The number of fused-ring (bicyclic) bond motifs is 1. The van der Waals surface area contributed by atoms with Gasteiger partial charge in [0.1, 0.15) is 5.82 Å². The molecular formula is C18H16ClFN4O2. The van der Waals surface area contributed by atoms with E-state index in [2.05, 4.69) is 9.97 Å². The van der Waals surface area contributed by atoms with Crippen LogP contribution in [0.3, 0.4) is 0 Å². The van der Waals surface area contributed by atoms with E-state index in [-0.39, 0.29) is 5.91 Å². The molecule has 1 amide bonds. The van der Waals surface area contributed by atoms with Gasteiger partial charge < -0.3 is 14.2 Å². The fraction of sp³-hybridized carbons (Fsp3) is 0.278. The highest BCUT2D eigenvalue weighted by molar-refractivity contribution is 6.30. The Hall–Kier alpha value is -2.67. The van der Waals surface area contributed by atoms with Crippen LogP contribution < -0.4 is 4.90 Å². The highest BCUT2D eigenvalue weighted by Crippen LogP contribution is 2.22. The molecule has 0 saturated carbocycles. The first-order valence-electron chi connectivity index (χ1n) is 8.28. The zero-order chi connectivity index (χ0) is 18.1. The molecule has 26 heavy (non-hydrogen) atoms. The van der Waals surface area contributed by atoms with E-state index in [0.29, 0.717) is 54.9 Å². The Morgan fingerprint density at radius 3 is 2.65 bits per heavy atom. The number of benzene rings is 1.